The van der Waals surface area contributed by atoms with Gasteiger partial charge in [-0.05, 0) is 38.1 Å². The number of carbonyl (C=O) groups excluding carboxylic acids is 1. The normalized spacial score (nSPS) is 12.1. The summed E-state index contributed by atoms with van der Waals surface area (Å²) in [5.41, 5.74) is -1.54. The van der Waals surface area contributed by atoms with E-state index in [1.807, 2.05) is 0 Å². The number of nitrogens with zero attached hydrogens (tertiary/aromatic N) is 6. The van der Waals surface area contributed by atoms with Crippen LogP contribution in [0.1, 0.15) is 31.1 Å². The number of amides is 1. The first-order valence-corrected chi connectivity index (χ1v) is 9.23. The molecular formula is C19H16F3N7O2. The van der Waals surface area contributed by atoms with Crippen molar-refractivity contribution in [3.05, 3.63) is 58.1 Å². The van der Waals surface area contributed by atoms with Crippen molar-refractivity contribution in [1.82, 2.24) is 29.4 Å². The van der Waals surface area contributed by atoms with Crippen LogP contribution in [0.5, 0.6) is 0 Å². The SMILES string of the molecule is CC(C)n1nc(CC(=O)Nc2nc3ncccn3n2)c(=O)c2ccc(C(F)(F)F)cc21. The molecule has 1 N–H and O–H groups in total. The van der Waals surface area contributed by atoms with E-state index in [0.717, 1.165) is 18.2 Å². The van der Waals surface area contributed by atoms with Crippen LogP contribution in [-0.4, -0.2) is 35.3 Å². The Hall–Kier alpha value is -3.83. The molecule has 0 radical (unpaired) electrons. The fraction of sp³-hybridized carbons (Fsp3) is 0.263. The van der Waals surface area contributed by atoms with Gasteiger partial charge in [0.05, 0.1) is 17.5 Å². The molecule has 1 amide bonds. The molecule has 0 aliphatic heterocycles. The Kier molecular flexibility index (Phi) is 4.91. The predicted molar refractivity (Wildman–Crippen MR) is 105 cm³/mol. The zero-order chi connectivity index (χ0) is 22.3. The number of rotatable bonds is 4. The largest absolute Gasteiger partial charge is 0.416 e. The van der Waals surface area contributed by atoms with Crippen LogP contribution in [0, 0.1) is 0 Å². The molecule has 0 bridgehead atoms. The molecule has 3 aromatic heterocycles. The van der Waals surface area contributed by atoms with E-state index in [4.69, 9.17) is 0 Å². The fourth-order valence-electron chi connectivity index (χ4n) is 3.09. The van der Waals surface area contributed by atoms with Gasteiger partial charge in [-0.25, -0.2) is 9.50 Å². The van der Waals surface area contributed by atoms with Crippen molar-refractivity contribution in [2.45, 2.75) is 32.5 Å². The molecule has 12 heteroatoms. The molecule has 3 heterocycles. The van der Waals surface area contributed by atoms with Crippen molar-refractivity contribution in [3.63, 3.8) is 0 Å². The van der Waals surface area contributed by atoms with E-state index in [2.05, 4.69) is 25.5 Å². The quantitative estimate of drug-likeness (QED) is 0.532. The van der Waals surface area contributed by atoms with Crippen LogP contribution in [0.4, 0.5) is 19.1 Å². The lowest BCUT2D eigenvalue weighted by Gasteiger charge is -2.16. The van der Waals surface area contributed by atoms with Gasteiger partial charge in [0.2, 0.25) is 11.3 Å². The summed E-state index contributed by atoms with van der Waals surface area (Å²) >= 11 is 0. The minimum atomic E-state index is -4.56. The maximum absolute atomic E-state index is 13.1. The zero-order valence-corrected chi connectivity index (χ0v) is 16.4. The number of anilines is 1. The molecular weight excluding hydrogens is 415 g/mol. The van der Waals surface area contributed by atoms with E-state index in [1.54, 1.807) is 26.1 Å². The summed E-state index contributed by atoms with van der Waals surface area (Å²) in [6, 6.07) is 4.13. The van der Waals surface area contributed by atoms with Crippen LogP contribution in [0.15, 0.2) is 41.5 Å². The van der Waals surface area contributed by atoms with Gasteiger partial charge in [-0.2, -0.15) is 23.3 Å². The van der Waals surface area contributed by atoms with Gasteiger partial charge in [0.1, 0.15) is 5.69 Å². The summed E-state index contributed by atoms with van der Waals surface area (Å²) in [6.45, 7) is 3.43. The molecule has 0 spiro atoms. The Balaban J connectivity index is 1.69. The Bertz CT molecular complexity index is 1330. The smallest absolute Gasteiger partial charge is 0.293 e. The number of fused-ring (bicyclic) bond motifs is 2. The maximum atomic E-state index is 13.1. The zero-order valence-electron chi connectivity index (χ0n) is 16.4. The number of alkyl halides is 3. The second-order valence-electron chi connectivity index (χ2n) is 7.07. The van der Waals surface area contributed by atoms with Crippen LogP contribution in [0.2, 0.25) is 0 Å². The summed E-state index contributed by atoms with van der Waals surface area (Å²) in [4.78, 5) is 33.3. The van der Waals surface area contributed by atoms with Crippen LogP contribution in [0.3, 0.4) is 0 Å². The molecule has 1 aromatic carbocycles. The average molecular weight is 431 g/mol. The van der Waals surface area contributed by atoms with Crippen molar-refractivity contribution in [1.29, 1.82) is 0 Å². The van der Waals surface area contributed by atoms with E-state index in [-0.39, 0.29) is 34.4 Å². The van der Waals surface area contributed by atoms with E-state index >= 15 is 0 Å². The van der Waals surface area contributed by atoms with Crippen molar-refractivity contribution >= 4 is 28.5 Å². The fourth-order valence-corrected chi connectivity index (χ4v) is 3.09. The third-order valence-electron chi connectivity index (χ3n) is 4.49. The van der Waals surface area contributed by atoms with Crippen molar-refractivity contribution < 1.29 is 18.0 Å². The molecule has 0 aliphatic rings. The number of hydrogen-bond donors (Lipinski definition) is 1. The van der Waals surface area contributed by atoms with Gasteiger partial charge in [-0.3, -0.25) is 19.6 Å². The average Bonchev–Trinajstić information content (AvgIpc) is 3.10. The van der Waals surface area contributed by atoms with Crippen LogP contribution < -0.4 is 10.7 Å². The Morgan fingerprint density at radius 1 is 1.23 bits per heavy atom. The second kappa shape index (κ2) is 7.45. The van der Waals surface area contributed by atoms with E-state index in [0.29, 0.717) is 0 Å². The van der Waals surface area contributed by atoms with Crippen molar-refractivity contribution in [2.75, 3.05) is 5.32 Å². The monoisotopic (exact) mass is 431 g/mol. The second-order valence-corrected chi connectivity index (χ2v) is 7.07. The summed E-state index contributed by atoms with van der Waals surface area (Å²) in [5, 5.41) is 10.7. The Morgan fingerprint density at radius 3 is 2.68 bits per heavy atom. The number of carbonyl (C=O) groups is 1. The third kappa shape index (κ3) is 3.96. The molecule has 160 valence electrons. The highest BCUT2D eigenvalue weighted by Gasteiger charge is 2.31. The Labute approximate surface area is 172 Å². The minimum absolute atomic E-state index is 0.00323. The summed E-state index contributed by atoms with van der Waals surface area (Å²) in [6.07, 6.45) is -1.83. The molecule has 4 rings (SSSR count). The molecule has 4 aromatic rings. The van der Waals surface area contributed by atoms with E-state index in [9.17, 15) is 22.8 Å². The summed E-state index contributed by atoms with van der Waals surface area (Å²) < 4.78 is 42.0. The lowest BCUT2D eigenvalue weighted by atomic mass is 10.1. The minimum Gasteiger partial charge on any atom is -0.293 e. The first-order chi connectivity index (χ1) is 14.6. The van der Waals surface area contributed by atoms with Gasteiger partial charge in [0, 0.05) is 23.8 Å². The summed E-state index contributed by atoms with van der Waals surface area (Å²) in [5.74, 6) is -0.310. The number of halogens is 3. The third-order valence-corrected chi connectivity index (χ3v) is 4.49. The molecule has 0 fully saturated rings. The first kappa shape index (κ1) is 20.4. The predicted octanol–water partition coefficient (Wildman–Crippen LogP) is 2.62. The Morgan fingerprint density at radius 2 is 2.00 bits per heavy atom. The standard InChI is InChI=1S/C19H16F3N7O2/c1-10(2)29-14-8-11(19(20,21)22)4-5-12(14)16(31)13(26-29)9-15(30)24-17-25-18-23-6-3-7-28(18)27-17/h3-8,10H,9H2,1-2H3,(H,24,27,30). The number of aromatic nitrogens is 6. The van der Waals surface area contributed by atoms with Crippen LogP contribution in [-0.2, 0) is 17.4 Å². The van der Waals surface area contributed by atoms with E-state index < -0.39 is 29.5 Å². The topological polar surface area (TPSA) is 107 Å². The highest BCUT2D eigenvalue weighted by atomic mass is 19.4. The molecule has 0 aliphatic carbocycles. The van der Waals surface area contributed by atoms with Crippen molar-refractivity contribution in [3.8, 4) is 0 Å². The van der Waals surface area contributed by atoms with Crippen LogP contribution in [0.25, 0.3) is 16.7 Å². The summed E-state index contributed by atoms with van der Waals surface area (Å²) in [7, 11) is 0. The van der Waals surface area contributed by atoms with Crippen LogP contribution >= 0.6 is 0 Å². The van der Waals surface area contributed by atoms with E-state index in [1.165, 1.54) is 15.4 Å². The molecule has 31 heavy (non-hydrogen) atoms. The molecule has 0 atom stereocenters. The molecule has 0 saturated heterocycles. The molecule has 9 nitrogen and oxygen atoms in total. The van der Waals surface area contributed by atoms with Gasteiger partial charge in [0.15, 0.2) is 0 Å². The highest BCUT2D eigenvalue weighted by Crippen LogP contribution is 2.31. The number of hydrogen-bond acceptors (Lipinski definition) is 6. The highest BCUT2D eigenvalue weighted by molar-refractivity contribution is 5.91. The van der Waals surface area contributed by atoms with Gasteiger partial charge in [-0.1, -0.05) is 0 Å². The lowest BCUT2D eigenvalue weighted by Crippen LogP contribution is -2.26. The van der Waals surface area contributed by atoms with Gasteiger partial charge >= 0.3 is 6.18 Å². The van der Waals surface area contributed by atoms with Gasteiger partial charge < -0.3 is 0 Å². The number of nitrogens with one attached hydrogen (secondary N) is 1. The van der Waals surface area contributed by atoms with Gasteiger partial charge in [-0.15, -0.1) is 5.10 Å². The maximum Gasteiger partial charge on any atom is 0.416 e. The number of benzene rings is 1. The van der Waals surface area contributed by atoms with Crippen molar-refractivity contribution in [2.24, 2.45) is 0 Å². The lowest BCUT2D eigenvalue weighted by molar-refractivity contribution is -0.137. The molecule has 0 saturated carbocycles. The van der Waals surface area contributed by atoms with Gasteiger partial charge in [0.25, 0.3) is 11.7 Å². The first-order valence-electron chi connectivity index (χ1n) is 9.23. The molecule has 0 unspecified atom stereocenters.